The summed E-state index contributed by atoms with van der Waals surface area (Å²) in [5, 5.41) is 22.5. The van der Waals surface area contributed by atoms with E-state index in [2.05, 4.69) is 10.5 Å². The summed E-state index contributed by atoms with van der Waals surface area (Å²) in [6.45, 7) is 0. The minimum absolute atomic E-state index is 0.100. The smallest absolute Gasteiger partial charge is 0.303 e. The molecule has 0 aliphatic heterocycles. The average Bonchev–Trinajstić information content (AvgIpc) is 2.47. The van der Waals surface area contributed by atoms with Crippen molar-refractivity contribution < 1.29 is 24.6 Å². The first-order valence-corrected chi connectivity index (χ1v) is 6.58. The van der Waals surface area contributed by atoms with Crippen molar-refractivity contribution >= 4 is 23.5 Å². The second-order valence-corrected chi connectivity index (χ2v) is 4.62. The van der Waals surface area contributed by atoms with Gasteiger partial charge in [-0.25, -0.2) is 0 Å². The molecule has 0 saturated heterocycles. The number of nitrogens with zero attached hydrogens (tertiary/aromatic N) is 1. The van der Waals surface area contributed by atoms with Crippen LogP contribution in [-0.2, 0) is 14.4 Å². The van der Waals surface area contributed by atoms with Gasteiger partial charge < -0.3 is 15.5 Å². The van der Waals surface area contributed by atoms with Gasteiger partial charge in [-0.2, -0.15) is 4.91 Å². The van der Waals surface area contributed by atoms with Crippen LogP contribution in [0.4, 0.5) is 5.69 Å². The van der Waals surface area contributed by atoms with Gasteiger partial charge in [-0.05, 0) is 24.1 Å². The SMILES string of the molecule is O=NC(CCC(=O)O)c1ccc(NC(=O)CCC(=O)O)cc1. The number of nitroso groups, excluding NO2 is 1. The third-order valence-electron chi connectivity index (χ3n) is 2.90. The highest BCUT2D eigenvalue weighted by Gasteiger charge is 2.14. The Bertz CT molecular complexity index is 555. The van der Waals surface area contributed by atoms with Crippen LogP contribution in [0.25, 0.3) is 0 Å². The van der Waals surface area contributed by atoms with Crippen molar-refractivity contribution in [3.63, 3.8) is 0 Å². The lowest BCUT2D eigenvalue weighted by atomic mass is 10.0. The van der Waals surface area contributed by atoms with E-state index in [1.807, 2.05) is 0 Å². The van der Waals surface area contributed by atoms with Crippen molar-refractivity contribution in [2.45, 2.75) is 31.7 Å². The zero-order valence-electron chi connectivity index (χ0n) is 11.7. The van der Waals surface area contributed by atoms with Crippen LogP contribution >= 0.6 is 0 Å². The maximum Gasteiger partial charge on any atom is 0.303 e. The Hall–Kier alpha value is -2.77. The molecule has 0 aromatic heterocycles. The molecule has 0 fully saturated rings. The number of hydrogen-bond donors (Lipinski definition) is 3. The monoisotopic (exact) mass is 308 g/mol. The molecule has 1 rings (SSSR count). The summed E-state index contributed by atoms with van der Waals surface area (Å²) in [7, 11) is 0. The summed E-state index contributed by atoms with van der Waals surface area (Å²) >= 11 is 0. The van der Waals surface area contributed by atoms with Crippen molar-refractivity contribution in [1.82, 2.24) is 0 Å². The van der Waals surface area contributed by atoms with Crippen molar-refractivity contribution in [2.24, 2.45) is 5.18 Å². The number of carboxylic acid groups (broad SMARTS) is 2. The van der Waals surface area contributed by atoms with E-state index in [1.54, 1.807) is 24.3 Å². The van der Waals surface area contributed by atoms with Gasteiger partial charge >= 0.3 is 11.9 Å². The molecule has 0 bridgehead atoms. The Kier molecular flexibility index (Phi) is 6.68. The fraction of sp³-hybridized carbons (Fsp3) is 0.357. The first-order chi connectivity index (χ1) is 10.4. The summed E-state index contributed by atoms with van der Waals surface area (Å²) in [6, 6.07) is 5.48. The lowest BCUT2D eigenvalue weighted by molar-refractivity contribution is -0.138. The average molecular weight is 308 g/mol. The molecule has 1 aromatic rings. The van der Waals surface area contributed by atoms with Crippen LogP contribution in [0.5, 0.6) is 0 Å². The van der Waals surface area contributed by atoms with Crippen LogP contribution in [0.2, 0.25) is 0 Å². The standard InChI is InChI=1S/C14H16N2O6/c17-12(6-8-14(20)21)15-10-3-1-9(2-4-10)11(16-22)5-7-13(18)19/h1-4,11H,5-8H2,(H,15,17)(H,18,19)(H,20,21). The highest BCUT2D eigenvalue weighted by Crippen LogP contribution is 2.24. The molecule has 1 aromatic carbocycles. The lowest BCUT2D eigenvalue weighted by Crippen LogP contribution is -2.13. The van der Waals surface area contributed by atoms with Gasteiger partial charge in [0.15, 0.2) is 0 Å². The molecule has 0 heterocycles. The van der Waals surface area contributed by atoms with Gasteiger partial charge in [-0.15, -0.1) is 0 Å². The molecular weight excluding hydrogens is 292 g/mol. The third-order valence-corrected chi connectivity index (χ3v) is 2.90. The van der Waals surface area contributed by atoms with Crippen molar-refractivity contribution in [3.05, 3.63) is 34.7 Å². The summed E-state index contributed by atoms with van der Waals surface area (Å²) < 4.78 is 0. The van der Waals surface area contributed by atoms with E-state index in [4.69, 9.17) is 10.2 Å². The highest BCUT2D eigenvalue weighted by molar-refractivity contribution is 5.92. The van der Waals surface area contributed by atoms with Gasteiger partial charge in [0.1, 0.15) is 6.04 Å². The summed E-state index contributed by atoms with van der Waals surface area (Å²) in [5.74, 6) is -2.48. The maximum atomic E-state index is 11.5. The van der Waals surface area contributed by atoms with Gasteiger partial charge in [0, 0.05) is 18.5 Å². The van der Waals surface area contributed by atoms with E-state index in [-0.39, 0.29) is 25.7 Å². The van der Waals surface area contributed by atoms with E-state index in [0.717, 1.165) is 0 Å². The zero-order valence-corrected chi connectivity index (χ0v) is 11.7. The third kappa shape index (κ3) is 6.12. The van der Waals surface area contributed by atoms with Gasteiger partial charge in [-0.1, -0.05) is 17.3 Å². The molecule has 1 amide bonds. The molecule has 118 valence electrons. The number of anilines is 1. The first kappa shape index (κ1) is 17.3. The van der Waals surface area contributed by atoms with Crippen LogP contribution in [-0.4, -0.2) is 28.1 Å². The number of hydrogen-bond acceptors (Lipinski definition) is 5. The lowest BCUT2D eigenvalue weighted by Gasteiger charge is -2.09. The Labute approximate surface area is 126 Å². The summed E-state index contributed by atoms with van der Waals surface area (Å²) in [5.41, 5.74) is 1.02. The maximum absolute atomic E-state index is 11.5. The zero-order chi connectivity index (χ0) is 16.5. The highest BCUT2D eigenvalue weighted by atomic mass is 16.4. The predicted molar refractivity (Wildman–Crippen MR) is 77.3 cm³/mol. The van der Waals surface area contributed by atoms with Crippen LogP contribution in [0.3, 0.4) is 0 Å². The minimum atomic E-state index is -1.05. The van der Waals surface area contributed by atoms with Gasteiger partial charge in [0.25, 0.3) is 0 Å². The second kappa shape index (κ2) is 8.50. The second-order valence-electron chi connectivity index (χ2n) is 4.62. The van der Waals surface area contributed by atoms with Crippen LogP contribution < -0.4 is 5.32 Å². The topological polar surface area (TPSA) is 133 Å². The molecular formula is C14H16N2O6. The molecule has 22 heavy (non-hydrogen) atoms. The van der Waals surface area contributed by atoms with Crippen LogP contribution in [0.15, 0.2) is 29.4 Å². The molecule has 0 spiro atoms. The minimum Gasteiger partial charge on any atom is -0.481 e. The predicted octanol–water partition coefficient (Wildman–Crippen LogP) is 2.16. The number of nitrogens with one attached hydrogen (secondary N) is 1. The molecule has 1 atom stereocenters. The Morgan fingerprint density at radius 1 is 1.00 bits per heavy atom. The Balaban J connectivity index is 2.61. The van der Waals surface area contributed by atoms with E-state index < -0.39 is 23.9 Å². The van der Waals surface area contributed by atoms with Crippen LogP contribution in [0.1, 0.15) is 37.3 Å². The number of carbonyl (C=O) groups excluding carboxylic acids is 1. The number of rotatable bonds is 9. The Morgan fingerprint density at radius 2 is 1.59 bits per heavy atom. The fourth-order valence-corrected chi connectivity index (χ4v) is 1.77. The number of carboxylic acids is 2. The van der Waals surface area contributed by atoms with Crippen molar-refractivity contribution in [1.29, 1.82) is 0 Å². The molecule has 0 aliphatic carbocycles. The summed E-state index contributed by atoms with van der Waals surface area (Å²) in [4.78, 5) is 43.1. The molecule has 0 saturated carbocycles. The molecule has 8 heteroatoms. The normalized spacial score (nSPS) is 11.5. The number of amides is 1. The van der Waals surface area contributed by atoms with Gasteiger partial charge in [0.2, 0.25) is 5.91 Å². The molecule has 8 nitrogen and oxygen atoms in total. The molecule has 1 unspecified atom stereocenters. The first-order valence-electron chi connectivity index (χ1n) is 6.58. The summed E-state index contributed by atoms with van der Waals surface area (Å²) in [6.07, 6.45) is -0.447. The number of aliphatic carboxylic acids is 2. The number of benzene rings is 1. The van der Waals surface area contributed by atoms with Crippen molar-refractivity contribution in [2.75, 3.05) is 5.32 Å². The molecule has 0 radical (unpaired) electrons. The van der Waals surface area contributed by atoms with Crippen molar-refractivity contribution in [3.8, 4) is 0 Å². The number of carbonyl (C=O) groups is 3. The van der Waals surface area contributed by atoms with Gasteiger partial charge in [0.05, 0.1) is 6.42 Å². The van der Waals surface area contributed by atoms with Gasteiger partial charge in [-0.3, -0.25) is 14.4 Å². The quantitative estimate of drug-likeness (QED) is 0.598. The van der Waals surface area contributed by atoms with E-state index in [9.17, 15) is 19.3 Å². The van der Waals surface area contributed by atoms with Crippen LogP contribution in [0, 0.1) is 4.91 Å². The largest absolute Gasteiger partial charge is 0.481 e. The van der Waals surface area contributed by atoms with E-state index in [0.29, 0.717) is 11.3 Å². The Morgan fingerprint density at radius 3 is 2.09 bits per heavy atom. The molecule has 0 aliphatic rings. The fourth-order valence-electron chi connectivity index (χ4n) is 1.77. The molecule has 3 N–H and O–H groups in total. The van der Waals surface area contributed by atoms with E-state index in [1.165, 1.54) is 0 Å². The van der Waals surface area contributed by atoms with E-state index >= 15 is 0 Å².